The van der Waals surface area contributed by atoms with Gasteiger partial charge in [0.2, 0.25) is 0 Å². The lowest BCUT2D eigenvalue weighted by Crippen LogP contribution is -2.16. The van der Waals surface area contributed by atoms with E-state index in [1.807, 2.05) is 22.6 Å². The molecule has 5 heteroatoms. The molecule has 0 fully saturated rings. The van der Waals surface area contributed by atoms with E-state index >= 15 is 0 Å². The zero-order chi connectivity index (χ0) is 11.4. The molecule has 4 nitrogen and oxygen atoms in total. The predicted molar refractivity (Wildman–Crippen MR) is 62.5 cm³/mol. The highest BCUT2D eigenvalue weighted by molar-refractivity contribution is 14.1. The van der Waals surface area contributed by atoms with Crippen molar-refractivity contribution in [3.63, 3.8) is 0 Å². The van der Waals surface area contributed by atoms with E-state index in [2.05, 4.69) is 0 Å². The summed E-state index contributed by atoms with van der Waals surface area (Å²) < 4.78 is 4.74. The number of carbonyl (C=O) groups excluding carboxylic acids is 1. The number of carbonyl (C=O) groups is 2. The number of aromatic carboxylic acids is 1. The van der Waals surface area contributed by atoms with Crippen LogP contribution >= 0.6 is 22.6 Å². The first-order chi connectivity index (χ1) is 7.00. The summed E-state index contributed by atoms with van der Waals surface area (Å²) in [4.78, 5) is 21.7. The zero-order valence-electron chi connectivity index (χ0n) is 7.94. The highest BCUT2D eigenvalue weighted by Gasteiger charge is 2.11. The molecule has 0 heterocycles. The first-order valence-corrected chi connectivity index (χ1v) is 5.44. The molecule has 15 heavy (non-hydrogen) atoms. The van der Waals surface area contributed by atoms with Crippen LogP contribution in [-0.4, -0.2) is 21.0 Å². The van der Waals surface area contributed by atoms with Gasteiger partial charge in [-0.3, -0.25) is 4.79 Å². The largest absolute Gasteiger partial charge is 0.478 e. The maximum Gasteiger partial charge on any atom is 0.335 e. The van der Waals surface area contributed by atoms with Crippen LogP contribution < -0.4 is 4.74 Å². The third-order valence-electron chi connectivity index (χ3n) is 1.64. The molecule has 0 radical (unpaired) electrons. The number of alkyl halides is 1. The van der Waals surface area contributed by atoms with Crippen LogP contribution in [0.5, 0.6) is 5.75 Å². The molecule has 0 amide bonds. The van der Waals surface area contributed by atoms with Crippen LogP contribution in [0.1, 0.15) is 17.3 Å². The minimum Gasteiger partial charge on any atom is -0.478 e. The summed E-state index contributed by atoms with van der Waals surface area (Å²) in [5.74, 6) is -0.998. The fraction of sp³-hybridized carbons (Fsp3) is 0.200. The van der Waals surface area contributed by atoms with Gasteiger partial charge in [0.1, 0.15) is 9.67 Å². The summed E-state index contributed by atoms with van der Waals surface area (Å²) in [6.45, 7) is 1.72. The molecule has 1 aromatic carbocycles. The SMILES string of the molecule is CC(I)C(=O)Oc1ccc(C(=O)O)cc1. The molecule has 0 spiro atoms. The van der Waals surface area contributed by atoms with E-state index in [1.165, 1.54) is 24.3 Å². The lowest BCUT2D eigenvalue weighted by atomic mass is 10.2. The number of carboxylic acids is 1. The molecule has 0 aliphatic rings. The summed E-state index contributed by atoms with van der Waals surface area (Å²) in [5.41, 5.74) is 0.164. The molecular weight excluding hydrogens is 311 g/mol. The van der Waals surface area contributed by atoms with Gasteiger partial charge in [0.05, 0.1) is 5.56 Å². The normalized spacial score (nSPS) is 11.9. The summed E-state index contributed by atoms with van der Waals surface area (Å²) in [6, 6.07) is 5.70. The molecule has 1 atom stereocenters. The van der Waals surface area contributed by atoms with Crippen molar-refractivity contribution in [2.75, 3.05) is 0 Å². The molecular formula is C10H9IO4. The van der Waals surface area contributed by atoms with Crippen LogP contribution in [0.3, 0.4) is 0 Å². The van der Waals surface area contributed by atoms with E-state index < -0.39 is 5.97 Å². The van der Waals surface area contributed by atoms with Crippen molar-refractivity contribution in [2.45, 2.75) is 10.8 Å². The van der Waals surface area contributed by atoms with E-state index in [-0.39, 0.29) is 15.5 Å². The smallest absolute Gasteiger partial charge is 0.335 e. The van der Waals surface area contributed by atoms with Gasteiger partial charge in [-0.05, 0) is 31.2 Å². The zero-order valence-corrected chi connectivity index (χ0v) is 10.1. The molecule has 0 aromatic heterocycles. The number of halogens is 1. The number of carboxylic acid groups (broad SMARTS) is 1. The van der Waals surface area contributed by atoms with Gasteiger partial charge >= 0.3 is 11.9 Å². The van der Waals surface area contributed by atoms with Gasteiger partial charge < -0.3 is 9.84 Å². The van der Waals surface area contributed by atoms with Crippen molar-refractivity contribution in [2.24, 2.45) is 0 Å². The Bertz CT molecular complexity index is 370. The highest BCUT2D eigenvalue weighted by Crippen LogP contribution is 2.14. The molecule has 1 aromatic rings. The topological polar surface area (TPSA) is 63.6 Å². The third-order valence-corrected chi connectivity index (χ3v) is 2.15. The summed E-state index contributed by atoms with van der Waals surface area (Å²) in [6.07, 6.45) is 0. The lowest BCUT2D eigenvalue weighted by Gasteiger charge is -2.05. The van der Waals surface area contributed by atoms with E-state index in [0.29, 0.717) is 5.75 Å². The van der Waals surface area contributed by atoms with Crippen molar-refractivity contribution in [3.05, 3.63) is 29.8 Å². The van der Waals surface area contributed by atoms with Crippen molar-refractivity contribution >= 4 is 34.5 Å². The van der Waals surface area contributed by atoms with Crippen LogP contribution in [0.4, 0.5) is 0 Å². The predicted octanol–water partition coefficient (Wildman–Crippen LogP) is 2.11. The van der Waals surface area contributed by atoms with Gasteiger partial charge in [-0.2, -0.15) is 0 Å². The Hall–Kier alpha value is -1.11. The standard InChI is InChI=1S/C10H9IO4/c1-6(11)10(14)15-8-4-2-7(3-5-8)9(12)13/h2-6H,1H3,(H,12,13). The summed E-state index contributed by atoms with van der Waals surface area (Å²) >= 11 is 1.94. The molecule has 0 aliphatic heterocycles. The number of ether oxygens (including phenoxy) is 1. The number of benzene rings is 1. The number of rotatable bonds is 3. The fourth-order valence-corrected chi connectivity index (χ4v) is 0.990. The molecule has 1 N–H and O–H groups in total. The molecule has 1 rings (SSSR count). The van der Waals surface area contributed by atoms with Crippen molar-refractivity contribution in [1.29, 1.82) is 0 Å². The van der Waals surface area contributed by atoms with Crippen molar-refractivity contribution in [3.8, 4) is 5.75 Å². The van der Waals surface area contributed by atoms with Gasteiger partial charge in [-0.1, -0.05) is 22.6 Å². The van der Waals surface area contributed by atoms with Crippen LogP contribution in [0.25, 0.3) is 0 Å². The number of hydrogen-bond donors (Lipinski definition) is 1. The molecule has 1 unspecified atom stereocenters. The molecule has 0 aliphatic carbocycles. The second-order valence-electron chi connectivity index (χ2n) is 2.87. The Balaban J connectivity index is 2.73. The van der Waals surface area contributed by atoms with E-state index in [9.17, 15) is 9.59 Å². The van der Waals surface area contributed by atoms with Gasteiger partial charge in [0.25, 0.3) is 0 Å². The summed E-state index contributed by atoms with van der Waals surface area (Å²) in [7, 11) is 0. The maximum absolute atomic E-state index is 11.2. The van der Waals surface area contributed by atoms with Gasteiger partial charge in [0, 0.05) is 0 Å². The van der Waals surface area contributed by atoms with Crippen molar-refractivity contribution in [1.82, 2.24) is 0 Å². The Morgan fingerprint density at radius 1 is 1.33 bits per heavy atom. The Morgan fingerprint density at radius 2 is 1.87 bits per heavy atom. The van der Waals surface area contributed by atoms with Crippen LogP contribution in [0.15, 0.2) is 24.3 Å². The van der Waals surface area contributed by atoms with Gasteiger partial charge in [0.15, 0.2) is 0 Å². The summed E-state index contributed by atoms with van der Waals surface area (Å²) in [5, 5.41) is 8.64. The first-order valence-electron chi connectivity index (χ1n) is 4.20. The molecule has 80 valence electrons. The average molecular weight is 320 g/mol. The highest BCUT2D eigenvalue weighted by atomic mass is 127. The van der Waals surface area contributed by atoms with E-state index in [1.54, 1.807) is 6.92 Å². The lowest BCUT2D eigenvalue weighted by molar-refractivity contribution is -0.133. The Morgan fingerprint density at radius 3 is 2.27 bits per heavy atom. The average Bonchev–Trinajstić information content (AvgIpc) is 2.18. The third kappa shape index (κ3) is 3.50. The van der Waals surface area contributed by atoms with E-state index in [0.717, 1.165) is 0 Å². The second kappa shape index (κ2) is 5.11. The minimum atomic E-state index is -1.00. The number of esters is 1. The molecule has 0 saturated heterocycles. The minimum absolute atomic E-state index is 0.164. The maximum atomic E-state index is 11.2. The second-order valence-corrected chi connectivity index (χ2v) is 4.74. The fourth-order valence-electron chi connectivity index (χ4n) is 0.863. The van der Waals surface area contributed by atoms with Crippen LogP contribution in [0, 0.1) is 0 Å². The van der Waals surface area contributed by atoms with Gasteiger partial charge in [-0.25, -0.2) is 4.79 Å². The number of hydrogen-bond acceptors (Lipinski definition) is 3. The van der Waals surface area contributed by atoms with Crippen LogP contribution in [-0.2, 0) is 4.79 Å². The molecule has 0 bridgehead atoms. The monoisotopic (exact) mass is 320 g/mol. The molecule has 0 saturated carbocycles. The Kier molecular flexibility index (Phi) is 4.07. The van der Waals surface area contributed by atoms with E-state index in [4.69, 9.17) is 9.84 Å². The van der Waals surface area contributed by atoms with Crippen LogP contribution in [0.2, 0.25) is 0 Å². The first kappa shape index (κ1) is 12.0. The van der Waals surface area contributed by atoms with Gasteiger partial charge in [-0.15, -0.1) is 0 Å². The quantitative estimate of drug-likeness (QED) is 0.401. The Labute approximate surface area is 100 Å². The van der Waals surface area contributed by atoms with Crippen molar-refractivity contribution < 1.29 is 19.4 Å².